The van der Waals surface area contributed by atoms with Crippen LogP contribution in [0.5, 0.6) is 0 Å². The molecule has 17 heavy (non-hydrogen) atoms. The van der Waals surface area contributed by atoms with Crippen molar-refractivity contribution in [1.29, 1.82) is 0 Å². The average Bonchev–Trinajstić information content (AvgIpc) is 2.70. The predicted octanol–water partition coefficient (Wildman–Crippen LogP) is 1.70. The van der Waals surface area contributed by atoms with Crippen LogP contribution in [0.15, 0.2) is 24.5 Å². The van der Waals surface area contributed by atoms with Crippen molar-refractivity contribution in [3.8, 4) is 0 Å². The monoisotopic (exact) mass is 230 g/mol. The largest absolute Gasteiger partial charge is 0.369 e. The molecule has 0 atom stereocenters. The van der Waals surface area contributed by atoms with Crippen molar-refractivity contribution in [3.05, 3.63) is 24.5 Å². The highest BCUT2D eigenvalue weighted by Crippen LogP contribution is 2.20. The molecule has 2 aromatic heterocycles. The van der Waals surface area contributed by atoms with E-state index in [1.165, 1.54) is 24.0 Å². The van der Waals surface area contributed by atoms with E-state index in [1.807, 2.05) is 12.4 Å². The zero-order valence-corrected chi connectivity index (χ0v) is 10.2. The summed E-state index contributed by atoms with van der Waals surface area (Å²) in [6.07, 6.45) is 5.14. The molecule has 1 saturated heterocycles. The van der Waals surface area contributed by atoms with Crippen molar-refractivity contribution in [1.82, 2.24) is 14.9 Å². The summed E-state index contributed by atoms with van der Waals surface area (Å²) in [4.78, 5) is 12.4. The number of nitrogens with zero attached hydrogens (tertiary/aromatic N) is 3. The third kappa shape index (κ3) is 2.13. The fourth-order valence-corrected chi connectivity index (χ4v) is 2.41. The molecule has 0 aliphatic carbocycles. The number of nitrogens with one attached hydrogen (secondary N) is 1. The Kier molecular flexibility index (Phi) is 2.73. The van der Waals surface area contributed by atoms with E-state index < -0.39 is 0 Å². The topological polar surface area (TPSA) is 35.2 Å². The van der Waals surface area contributed by atoms with E-state index in [1.54, 1.807) is 0 Å². The molecule has 2 aromatic rings. The molecular formula is C13H18N4. The Hall–Kier alpha value is -1.55. The van der Waals surface area contributed by atoms with Gasteiger partial charge in [0.25, 0.3) is 0 Å². The fourth-order valence-electron chi connectivity index (χ4n) is 2.41. The fraction of sp³-hybridized carbons (Fsp3) is 0.462. The number of hydrogen-bond donors (Lipinski definition) is 1. The van der Waals surface area contributed by atoms with Gasteiger partial charge in [0.05, 0.1) is 11.9 Å². The predicted molar refractivity (Wildman–Crippen MR) is 70.4 cm³/mol. The van der Waals surface area contributed by atoms with E-state index >= 15 is 0 Å². The molecule has 1 N–H and O–H groups in total. The molecule has 0 aromatic carbocycles. The SMILES string of the molecule is CN1CCCN(c2cnc3[nH]ccc3c2)CC1. The average molecular weight is 230 g/mol. The second kappa shape index (κ2) is 4.37. The summed E-state index contributed by atoms with van der Waals surface area (Å²) in [7, 11) is 2.19. The van der Waals surface area contributed by atoms with Crippen LogP contribution < -0.4 is 4.90 Å². The van der Waals surface area contributed by atoms with Crippen LogP contribution in [0.25, 0.3) is 11.0 Å². The van der Waals surface area contributed by atoms with Gasteiger partial charge in [-0.25, -0.2) is 4.98 Å². The molecule has 0 saturated carbocycles. The molecule has 3 rings (SSSR count). The van der Waals surface area contributed by atoms with E-state index in [0.29, 0.717) is 0 Å². The lowest BCUT2D eigenvalue weighted by Crippen LogP contribution is -2.28. The summed E-state index contributed by atoms with van der Waals surface area (Å²) >= 11 is 0. The van der Waals surface area contributed by atoms with Crippen LogP contribution in [-0.2, 0) is 0 Å². The molecule has 0 bridgehead atoms. The van der Waals surface area contributed by atoms with Crippen LogP contribution in [0.4, 0.5) is 5.69 Å². The van der Waals surface area contributed by atoms with Gasteiger partial charge < -0.3 is 14.8 Å². The van der Waals surface area contributed by atoms with Gasteiger partial charge in [-0.15, -0.1) is 0 Å². The molecule has 4 nitrogen and oxygen atoms in total. The first kappa shape index (κ1) is 10.6. The first-order valence-electron chi connectivity index (χ1n) is 6.19. The van der Waals surface area contributed by atoms with Crippen molar-refractivity contribution < 1.29 is 0 Å². The van der Waals surface area contributed by atoms with Gasteiger partial charge in [-0.1, -0.05) is 0 Å². The highest BCUT2D eigenvalue weighted by Gasteiger charge is 2.13. The van der Waals surface area contributed by atoms with E-state index in [0.717, 1.165) is 25.3 Å². The molecule has 0 spiro atoms. The normalized spacial score (nSPS) is 18.5. The molecule has 1 aliphatic rings. The third-order valence-electron chi connectivity index (χ3n) is 3.47. The van der Waals surface area contributed by atoms with Gasteiger partial charge in [0.2, 0.25) is 0 Å². The number of hydrogen-bond acceptors (Lipinski definition) is 3. The van der Waals surface area contributed by atoms with Gasteiger partial charge in [0.1, 0.15) is 5.65 Å². The maximum absolute atomic E-state index is 4.46. The van der Waals surface area contributed by atoms with Crippen molar-refractivity contribution >= 4 is 16.7 Å². The summed E-state index contributed by atoms with van der Waals surface area (Å²) < 4.78 is 0. The van der Waals surface area contributed by atoms with Crippen LogP contribution in [0.2, 0.25) is 0 Å². The van der Waals surface area contributed by atoms with E-state index in [2.05, 4.69) is 38.9 Å². The first-order chi connectivity index (χ1) is 8.33. The quantitative estimate of drug-likeness (QED) is 0.810. The smallest absolute Gasteiger partial charge is 0.137 e. The van der Waals surface area contributed by atoms with Crippen LogP contribution in [-0.4, -0.2) is 48.1 Å². The number of aromatic amines is 1. The molecule has 90 valence electrons. The Balaban J connectivity index is 1.86. The summed E-state index contributed by atoms with van der Waals surface area (Å²) in [6.45, 7) is 4.54. The minimum Gasteiger partial charge on any atom is -0.369 e. The molecular weight excluding hydrogens is 212 g/mol. The molecule has 4 heteroatoms. The Morgan fingerprint density at radius 2 is 2.18 bits per heavy atom. The van der Waals surface area contributed by atoms with Crippen LogP contribution in [0, 0.1) is 0 Å². The lowest BCUT2D eigenvalue weighted by molar-refractivity contribution is 0.360. The zero-order chi connectivity index (χ0) is 11.7. The number of fused-ring (bicyclic) bond motifs is 1. The molecule has 0 unspecified atom stereocenters. The molecule has 1 fully saturated rings. The lowest BCUT2D eigenvalue weighted by Gasteiger charge is -2.22. The third-order valence-corrected chi connectivity index (χ3v) is 3.47. The lowest BCUT2D eigenvalue weighted by atomic mass is 10.3. The maximum Gasteiger partial charge on any atom is 0.137 e. The summed E-state index contributed by atoms with van der Waals surface area (Å²) in [5.41, 5.74) is 2.22. The summed E-state index contributed by atoms with van der Waals surface area (Å²) in [5, 5.41) is 1.19. The number of anilines is 1. The zero-order valence-electron chi connectivity index (χ0n) is 10.2. The van der Waals surface area contributed by atoms with Crippen molar-refractivity contribution in [3.63, 3.8) is 0 Å². The molecule has 3 heterocycles. The minimum absolute atomic E-state index is 0.973. The second-order valence-electron chi connectivity index (χ2n) is 4.75. The van der Waals surface area contributed by atoms with Crippen molar-refractivity contribution in [2.75, 3.05) is 38.1 Å². The molecule has 0 amide bonds. The molecule has 1 aliphatic heterocycles. The highest BCUT2D eigenvalue weighted by atomic mass is 15.2. The first-order valence-corrected chi connectivity index (χ1v) is 6.19. The maximum atomic E-state index is 4.46. The highest BCUT2D eigenvalue weighted by molar-refractivity contribution is 5.79. The molecule has 0 radical (unpaired) electrons. The standard InChI is InChI=1S/C13H18N4/c1-16-5-2-6-17(8-7-16)12-9-11-3-4-14-13(11)15-10-12/h3-4,9-10H,2,5-8H2,1H3,(H,14,15). The Morgan fingerprint density at radius 3 is 3.12 bits per heavy atom. The van der Waals surface area contributed by atoms with E-state index in [4.69, 9.17) is 0 Å². The van der Waals surface area contributed by atoms with E-state index in [-0.39, 0.29) is 0 Å². The summed E-state index contributed by atoms with van der Waals surface area (Å²) in [5.74, 6) is 0. The Morgan fingerprint density at radius 1 is 1.24 bits per heavy atom. The van der Waals surface area contributed by atoms with Crippen molar-refractivity contribution in [2.24, 2.45) is 0 Å². The van der Waals surface area contributed by atoms with Gasteiger partial charge in [-0.2, -0.15) is 0 Å². The van der Waals surface area contributed by atoms with Crippen LogP contribution in [0.3, 0.4) is 0 Å². The van der Waals surface area contributed by atoms with Gasteiger partial charge in [0.15, 0.2) is 0 Å². The number of pyridine rings is 1. The van der Waals surface area contributed by atoms with Crippen molar-refractivity contribution in [2.45, 2.75) is 6.42 Å². The Bertz CT molecular complexity index is 505. The van der Waals surface area contributed by atoms with E-state index in [9.17, 15) is 0 Å². The number of aromatic nitrogens is 2. The van der Waals surface area contributed by atoms with Gasteiger partial charge in [0, 0.05) is 31.2 Å². The second-order valence-corrected chi connectivity index (χ2v) is 4.75. The van der Waals surface area contributed by atoms with Gasteiger partial charge in [-0.05, 0) is 32.1 Å². The number of rotatable bonds is 1. The van der Waals surface area contributed by atoms with Crippen LogP contribution in [0.1, 0.15) is 6.42 Å². The number of H-pyrrole nitrogens is 1. The minimum atomic E-state index is 0.973. The Labute approximate surface area is 101 Å². The van der Waals surface area contributed by atoms with Gasteiger partial charge in [-0.3, -0.25) is 0 Å². The van der Waals surface area contributed by atoms with Gasteiger partial charge >= 0.3 is 0 Å². The number of likely N-dealkylation sites (N-methyl/N-ethyl adjacent to an activating group) is 1. The summed E-state index contributed by atoms with van der Waals surface area (Å²) in [6, 6.07) is 4.31. The van der Waals surface area contributed by atoms with Crippen LogP contribution >= 0.6 is 0 Å².